The Labute approximate surface area is 90.0 Å². The topological polar surface area (TPSA) is 20.2 Å². The molecule has 0 spiro atoms. The van der Waals surface area contributed by atoms with Crippen LogP contribution in [0.4, 0.5) is 4.39 Å². The molecule has 0 saturated heterocycles. The first-order valence-electron chi connectivity index (χ1n) is 3.41. The molecule has 0 radical (unpaired) electrons. The van der Waals surface area contributed by atoms with Crippen molar-refractivity contribution in [2.24, 2.45) is 0 Å². The number of aliphatic hydroxyl groups excluding tert-OH is 1. The predicted molar refractivity (Wildman–Crippen MR) is 51.6 cm³/mol. The molecule has 0 aliphatic heterocycles. The van der Waals surface area contributed by atoms with Crippen LogP contribution in [0.3, 0.4) is 0 Å². The molecule has 0 unspecified atom stereocenters. The molecule has 13 heavy (non-hydrogen) atoms. The van der Waals surface area contributed by atoms with E-state index in [4.69, 9.17) is 39.9 Å². The zero-order valence-corrected chi connectivity index (χ0v) is 8.67. The van der Waals surface area contributed by atoms with Gasteiger partial charge in [0.05, 0.1) is 6.61 Å². The van der Waals surface area contributed by atoms with Crippen LogP contribution in [0.25, 0.3) is 0 Å². The highest BCUT2D eigenvalue weighted by molar-refractivity contribution is 6.66. The zero-order chi connectivity index (χ0) is 10.1. The number of hydrogen-bond donors (Lipinski definition) is 1. The summed E-state index contributed by atoms with van der Waals surface area (Å²) in [6.07, 6.45) is 0. The Bertz CT molecular complexity index is 309. The van der Waals surface area contributed by atoms with Crippen LogP contribution in [0.2, 0.25) is 0 Å². The molecule has 1 N–H and O–H groups in total. The molecule has 0 aliphatic carbocycles. The normalized spacial score (nSPS) is 11.8. The Morgan fingerprint density at radius 1 is 1.31 bits per heavy atom. The number of halogens is 4. The summed E-state index contributed by atoms with van der Waals surface area (Å²) in [7, 11) is 0. The summed E-state index contributed by atoms with van der Waals surface area (Å²) in [4.78, 5) is 0. The van der Waals surface area contributed by atoms with Crippen LogP contribution in [0.1, 0.15) is 11.1 Å². The van der Waals surface area contributed by atoms with E-state index in [9.17, 15) is 4.39 Å². The first-order chi connectivity index (χ1) is 5.95. The van der Waals surface area contributed by atoms with Gasteiger partial charge < -0.3 is 5.11 Å². The molecule has 72 valence electrons. The third-order valence-corrected chi connectivity index (χ3v) is 2.16. The second kappa shape index (κ2) is 4.01. The van der Waals surface area contributed by atoms with Crippen molar-refractivity contribution in [3.05, 3.63) is 35.1 Å². The van der Waals surface area contributed by atoms with Crippen molar-refractivity contribution >= 4 is 34.8 Å². The summed E-state index contributed by atoms with van der Waals surface area (Å²) in [5.74, 6) is -0.501. The van der Waals surface area contributed by atoms with E-state index < -0.39 is 9.61 Å². The van der Waals surface area contributed by atoms with E-state index in [1.807, 2.05) is 0 Å². The van der Waals surface area contributed by atoms with Gasteiger partial charge in [-0.1, -0.05) is 40.9 Å². The summed E-state index contributed by atoms with van der Waals surface area (Å²) < 4.78 is 11.0. The van der Waals surface area contributed by atoms with Crippen molar-refractivity contribution in [2.75, 3.05) is 0 Å². The highest BCUT2D eigenvalue weighted by atomic mass is 35.6. The minimum absolute atomic E-state index is 0.167. The maximum atomic E-state index is 12.8. The maximum Gasteiger partial charge on any atom is 0.216 e. The average molecular weight is 243 g/mol. The molecule has 1 nitrogen and oxygen atoms in total. The quantitative estimate of drug-likeness (QED) is 0.751. The molecular weight excluding hydrogens is 237 g/mol. The first kappa shape index (κ1) is 11.1. The lowest BCUT2D eigenvalue weighted by Crippen LogP contribution is -2.05. The first-order valence-corrected chi connectivity index (χ1v) is 4.55. The highest BCUT2D eigenvalue weighted by Gasteiger charge is 2.26. The molecular formula is C8H6Cl3FO. The molecule has 0 saturated carbocycles. The second-order valence-corrected chi connectivity index (χ2v) is 4.74. The summed E-state index contributed by atoms with van der Waals surface area (Å²) in [5.41, 5.74) is 0.571. The number of hydrogen-bond acceptors (Lipinski definition) is 1. The van der Waals surface area contributed by atoms with Gasteiger partial charge in [0.2, 0.25) is 3.79 Å². The number of benzene rings is 1. The average Bonchev–Trinajstić information content (AvgIpc) is 2.03. The summed E-state index contributed by atoms with van der Waals surface area (Å²) in [6.45, 7) is -0.288. The van der Waals surface area contributed by atoms with Gasteiger partial charge in [-0.3, -0.25) is 0 Å². The number of alkyl halides is 3. The van der Waals surface area contributed by atoms with Gasteiger partial charge >= 0.3 is 0 Å². The lowest BCUT2D eigenvalue weighted by Gasteiger charge is -2.14. The molecule has 5 heteroatoms. The molecule has 1 rings (SSSR count). The third kappa shape index (κ3) is 2.71. The fourth-order valence-corrected chi connectivity index (χ4v) is 1.48. The van der Waals surface area contributed by atoms with Crippen LogP contribution < -0.4 is 0 Å². The van der Waals surface area contributed by atoms with Crippen molar-refractivity contribution in [1.29, 1.82) is 0 Å². The van der Waals surface area contributed by atoms with E-state index in [1.54, 1.807) is 0 Å². The van der Waals surface area contributed by atoms with Crippen LogP contribution in [-0.2, 0) is 10.4 Å². The lowest BCUT2D eigenvalue weighted by molar-refractivity contribution is 0.280. The molecule has 0 aromatic heterocycles. The molecule has 0 fully saturated rings. The Kier molecular flexibility index (Phi) is 3.41. The van der Waals surface area contributed by atoms with E-state index >= 15 is 0 Å². The minimum Gasteiger partial charge on any atom is -0.392 e. The molecule has 0 atom stereocenters. The monoisotopic (exact) mass is 242 g/mol. The van der Waals surface area contributed by atoms with Crippen molar-refractivity contribution in [3.63, 3.8) is 0 Å². The second-order valence-electron chi connectivity index (χ2n) is 2.46. The van der Waals surface area contributed by atoms with Crippen LogP contribution in [0, 0.1) is 5.82 Å². The van der Waals surface area contributed by atoms with Crippen LogP contribution in [0.15, 0.2) is 18.2 Å². The molecule has 0 amide bonds. The van der Waals surface area contributed by atoms with E-state index in [0.29, 0.717) is 5.56 Å². The highest BCUT2D eigenvalue weighted by Crippen LogP contribution is 2.40. The van der Waals surface area contributed by atoms with Gasteiger partial charge in [-0.05, 0) is 17.7 Å². The van der Waals surface area contributed by atoms with Crippen molar-refractivity contribution in [1.82, 2.24) is 0 Å². The Balaban J connectivity index is 3.24. The molecule has 0 bridgehead atoms. The maximum absolute atomic E-state index is 12.8. The predicted octanol–water partition coefficient (Wildman–Crippen LogP) is 3.14. The molecule has 0 aliphatic rings. The van der Waals surface area contributed by atoms with Crippen molar-refractivity contribution in [3.8, 4) is 0 Å². The fraction of sp³-hybridized carbons (Fsp3) is 0.250. The SMILES string of the molecule is OCc1ccc(F)cc1C(Cl)(Cl)Cl. The van der Waals surface area contributed by atoms with Gasteiger partial charge in [0, 0.05) is 5.56 Å². The fourth-order valence-electron chi connectivity index (χ4n) is 0.950. The van der Waals surface area contributed by atoms with Gasteiger partial charge in [-0.25, -0.2) is 4.39 Å². The van der Waals surface area contributed by atoms with Gasteiger partial charge in [0.25, 0.3) is 0 Å². The van der Waals surface area contributed by atoms with Gasteiger partial charge in [-0.2, -0.15) is 0 Å². The van der Waals surface area contributed by atoms with Gasteiger partial charge in [-0.15, -0.1) is 0 Å². The summed E-state index contributed by atoms with van der Waals surface area (Å²) in [5, 5.41) is 8.87. The Morgan fingerprint density at radius 3 is 2.38 bits per heavy atom. The number of aliphatic hydroxyl groups is 1. The van der Waals surface area contributed by atoms with E-state index in [0.717, 1.165) is 6.07 Å². The standard InChI is InChI=1S/C8H6Cl3FO/c9-8(10,11)7-3-6(12)2-1-5(7)4-13/h1-3,13H,4H2. The molecule has 1 aromatic carbocycles. The van der Waals surface area contributed by atoms with Crippen LogP contribution >= 0.6 is 34.8 Å². The van der Waals surface area contributed by atoms with Crippen LogP contribution in [-0.4, -0.2) is 5.11 Å². The number of rotatable bonds is 1. The largest absolute Gasteiger partial charge is 0.392 e. The molecule has 0 heterocycles. The van der Waals surface area contributed by atoms with E-state index in [-0.39, 0.29) is 12.2 Å². The zero-order valence-electron chi connectivity index (χ0n) is 6.40. The Hall–Kier alpha value is -0.0200. The van der Waals surface area contributed by atoms with E-state index in [1.165, 1.54) is 12.1 Å². The van der Waals surface area contributed by atoms with Crippen molar-refractivity contribution < 1.29 is 9.50 Å². The Morgan fingerprint density at radius 2 is 1.92 bits per heavy atom. The van der Waals surface area contributed by atoms with Crippen LogP contribution in [0.5, 0.6) is 0 Å². The minimum atomic E-state index is -1.71. The lowest BCUT2D eigenvalue weighted by atomic mass is 10.1. The van der Waals surface area contributed by atoms with Gasteiger partial charge in [0.15, 0.2) is 0 Å². The van der Waals surface area contributed by atoms with Crippen molar-refractivity contribution in [2.45, 2.75) is 10.4 Å². The summed E-state index contributed by atoms with van der Waals surface area (Å²) >= 11 is 16.7. The smallest absolute Gasteiger partial charge is 0.216 e. The van der Waals surface area contributed by atoms with E-state index in [2.05, 4.69) is 0 Å². The summed E-state index contributed by atoms with van der Waals surface area (Å²) in [6, 6.07) is 3.68. The third-order valence-electron chi connectivity index (χ3n) is 1.55. The molecule has 1 aromatic rings. The van der Waals surface area contributed by atoms with Gasteiger partial charge in [0.1, 0.15) is 5.82 Å².